The smallest absolute Gasteiger partial charge is 0.229 e. The fourth-order valence-electron chi connectivity index (χ4n) is 11.1. The maximum absolute atomic E-state index is 15.1. The maximum atomic E-state index is 15.1. The highest BCUT2D eigenvalue weighted by Gasteiger charge is 3.30. The highest BCUT2D eigenvalue weighted by molar-refractivity contribution is 5.56. The zero-order chi connectivity index (χ0) is 57.0. The zero-order valence-corrected chi connectivity index (χ0v) is 29.6. The number of rotatable bonds is 0. The Kier molecular flexibility index (Phi) is 9.81. The van der Waals surface area contributed by atoms with Crippen molar-refractivity contribution in [1.82, 2.24) is 0 Å². The van der Waals surface area contributed by atoms with Crippen LogP contribution in [0.15, 0.2) is 0 Å². The van der Waals surface area contributed by atoms with Crippen LogP contribution in [-0.4, -0.2) is 125 Å². The first-order valence-electron chi connectivity index (χ1n) is 15.8. The van der Waals surface area contributed by atoms with Crippen LogP contribution < -0.4 is 0 Å². The van der Waals surface area contributed by atoms with Crippen LogP contribution in [0.25, 0.3) is 0 Å². The number of hydrogen-bond donors (Lipinski definition) is 0. The summed E-state index contributed by atoms with van der Waals surface area (Å²) in [6.07, 6.45) is -53.9. The van der Waals surface area contributed by atoms with Gasteiger partial charge >= 0.3 is 119 Å². The van der Waals surface area contributed by atoms with Gasteiger partial charge in [-0.15, -0.1) is 0 Å². The van der Waals surface area contributed by atoms with E-state index in [0.29, 0.717) is 0 Å². The summed E-state index contributed by atoms with van der Waals surface area (Å²) in [5, 5.41) is 0. The van der Waals surface area contributed by atoms with Gasteiger partial charge in [-0.1, -0.05) is 0 Å². The average Bonchev–Trinajstić information content (AvgIpc) is 3.00. The number of hydrogen-bond acceptors (Lipinski definition) is 0. The predicted molar refractivity (Wildman–Crippen MR) is 118 cm³/mol. The Bertz CT molecular complexity index is 2030. The van der Waals surface area contributed by atoms with E-state index >= 15 is 4.39 Å². The average molecular weight is 1150 g/mol. The van der Waals surface area contributed by atoms with Gasteiger partial charge in [-0.25, -0.2) is 87.8 Å². The summed E-state index contributed by atoms with van der Waals surface area (Å²) in [5.41, 5.74) is -82.3. The van der Waals surface area contributed by atoms with Crippen molar-refractivity contribution >= 4 is 0 Å². The molecule has 0 N–H and O–H groups in total. The van der Waals surface area contributed by atoms with Crippen molar-refractivity contribution in [3.63, 3.8) is 0 Å². The first-order valence-corrected chi connectivity index (χ1v) is 15.8. The van der Waals surface area contributed by atoms with Gasteiger partial charge in [0.1, 0.15) is 0 Å². The molecule has 0 heterocycles. The number of alkyl halides is 44. The van der Waals surface area contributed by atoms with Crippen molar-refractivity contribution in [2.75, 3.05) is 0 Å². The lowest BCUT2D eigenvalue weighted by Crippen LogP contribution is -3.10. The summed E-state index contributed by atoms with van der Waals surface area (Å²) >= 11 is 0. The molecule has 70 heavy (non-hydrogen) atoms. The summed E-state index contributed by atoms with van der Waals surface area (Å²) in [6.45, 7) is 0. The molecule has 44 heteroatoms. The van der Waals surface area contributed by atoms with Gasteiger partial charge in [0.25, 0.3) is 21.9 Å². The van der Waals surface area contributed by atoms with Gasteiger partial charge < -0.3 is 0 Å². The molecule has 8 bridgehead atoms. The highest BCUT2D eigenvalue weighted by Crippen LogP contribution is 3.00. The summed E-state index contributed by atoms with van der Waals surface area (Å²) in [7, 11) is 0. The van der Waals surface area contributed by atoms with Crippen molar-refractivity contribution in [3.8, 4) is 0 Å². The Labute approximate surface area is 346 Å². The van der Waals surface area contributed by atoms with Crippen LogP contribution in [0.2, 0.25) is 0 Å². The molecule has 0 aromatic carbocycles. The largest absolute Gasteiger partial charge is 0.412 e. The molecular formula is C26F44. The Morgan fingerprint density at radius 3 is 0.443 bits per heavy atom. The fraction of sp³-hybridized carbons (Fsp3) is 1.00. The third-order valence-corrected chi connectivity index (χ3v) is 13.6. The lowest BCUT2D eigenvalue weighted by molar-refractivity contribution is -0.680. The molecule has 0 radical (unpaired) electrons. The van der Waals surface area contributed by atoms with Crippen LogP contribution in [-0.2, 0) is 0 Å². The van der Waals surface area contributed by atoms with E-state index in [1.807, 2.05) is 0 Å². The minimum atomic E-state index is -9.56. The maximum Gasteiger partial charge on any atom is 0.412 e. The second-order valence-corrected chi connectivity index (χ2v) is 15.7. The van der Waals surface area contributed by atoms with Gasteiger partial charge in [0.2, 0.25) is 10.8 Å². The van der Waals surface area contributed by atoms with Gasteiger partial charge in [-0.3, -0.25) is 0 Å². The zero-order valence-electron chi connectivity index (χ0n) is 29.6. The second kappa shape index (κ2) is 11.9. The van der Waals surface area contributed by atoms with Crippen LogP contribution in [0.4, 0.5) is 193 Å². The van der Waals surface area contributed by atoms with Crippen molar-refractivity contribution in [2.24, 2.45) is 27.1 Å². The Hall–Kier alpha value is -3.08. The second-order valence-electron chi connectivity index (χ2n) is 15.7. The predicted octanol–water partition coefficient (Wildman–Crippen LogP) is 14.2. The van der Waals surface area contributed by atoms with E-state index < -0.39 is 152 Å². The lowest BCUT2D eigenvalue weighted by atomic mass is 9.29. The van der Waals surface area contributed by atoms with Crippen LogP contribution in [0, 0.1) is 27.1 Å². The van der Waals surface area contributed by atoms with Crippen LogP contribution in [0.5, 0.6) is 0 Å². The molecule has 0 aromatic rings. The number of halogens is 44. The molecular weight excluding hydrogens is 1150 g/mol. The lowest BCUT2D eigenvalue weighted by Gasteiger charge is -2.78. The van der Waals surface area contributed by atoms with E-state index in [4.69, 9.17) is 0 Å². The van der Waals surface area contributed by atoms with Gasteiger partial charge in [0.15, 0.2) is 0 Å². The summed E-state index contributed by atoms with van der Waals surface area (Å²) in [4.78, 5) is 0. The van der Waals surface area contributed by atoms with Crippen molar-refractivity contribution in [3.05, 3.63) is 0 Å². The van der Waals surface area contributed by atoms with Crippen LogP contribution >= 0.6 is 0 Å². The third kappa shape index (κ3) is 3.72. The monoisotopic (exact) mass is 1150 g/mol. The van der Waals surface area contributed by atoms with Gasteiger partial charge in [-0.05, 0) is 0 Å². The SMILES string of the molecule is FC(F)(F)C12C(F)(F)C3(F)C(F)(F)C(C(F)(F)F)(C1(F)F)C(F)(F)C(C(F)(F)F)(C3(F)F)C2(F)F.FC(F)(F)C12C(F)(F)C3(F)C(F)(F)C(F)(C(F)(F)C(F)(C3(F)F)C1(C(F)(F)F)C(F)(F)F)C2(F)F. The minimum Gasteiger partial charge on any atom is -0.229 e. The van der Waals surface area contributed by atoms with E-state index in [2.05, 4.69) is 0 Å². The molecule has 412 valence electrons. The van der Waals surface area contributed by atoms with Crippen molar-refractivity contribution in [1.29, 1.82) is 0 Å². The summed E-state index contributed by atoms with van der Waals surface area (Å²) < 4.78 is 620. The Morgan fingerprint density at radius 1 is 0.143 bits per heavy atom. The quantitative estimate of drug-likeness (QED) is 0.212. The molecule has 8 saturated carbocycles. The Balaban J connectivity index is 0.000000261. The standard InChI is InChI=1S/2C13F22/c14-4-8(21,22)1(11(27,28)29)5(15,16)2(9(4,23)24,12(30,31)32)7(19,20)3(6(1,17)18,10(4,25)26)13(33,34)35;14-3-1(11(27,28)29,12(30,31)32)2(13(33,34)35)6(17,18)4(15,8(3,21)22)10(25,26)5(16,7(2,19)20)9(3,23)24. The Morgan fingerprint density at radius 2 is 0.286 bits per heavy atom. The van der Waals surface area contributed by atoms with Crippen LogP contribution in [0.1, 0.15) is 0 Å². The molecule has 8 rings (SSSR count). The molecule has 0 aromatic heterocycles. The molecule has 0 amide bonds. The van der Waals surface area contributed by atoms with E-state index in [0.717, 1.165) is 0 Å². The molecule has 2 unspecified atom stereocenters. The van der Waals surface area contributed by atoms with E-state index in [1.165, 1.54) is 0 Å². The van der Waals surface area contributed by atoms with Crippen LogP contribution in [0.3, 0.4) is 0 Å². The molecule has 8 fully saturated rings. The van der Waals surface area contributed by atoms with Crippen molar-refractivity contribution in [2.45, 2.75) is 125 Å². The van der Waals surface area contributed by atoms with Gasteiger partial charge in [0, 0.05) is 0 Å². The molecule has 0 nitrogen and oxygen atoms in total. The molecule has 8 aliphatic carbocycles. The topological polar surface area (TPSA) is 0 Å². The first-order chi connectivity index (χ1) is 29.5. The van der Waals surface area contributed by atoms with Crippen molar-refractivity contribution < 1.29 is 193 Å². The molecule has 0 aliphatic heterocycles. The summed E-state index contributed by atoms with van der Waals surface area (Å²) in [5.74, 6) is -99.8. The molecule has 0 saturated heterocycles. The third-order valence-electron chi connectivity index (χ3n) is 13.6. The van der Waals surface area contributed by atoms with E-state index in [-0.39, 0.29) is 0 Å². The fourth-order valence-corrected chi connectivity index (χ4v) is 11.1. The summed E-state index contributed by atoms with van der Waals surface area (Å²) in [6, 6.07) is 0. The van der Waals surface area contributed by atoms with E-state index in [1.54, 1.807) is 0 Å². The molecule has 2 atom stereocenters. The molecule has 8 aliphatic rings. The first kappa shape index (κ1) is 57.8. The normalized spacial score (nSPS) is 44.4. The van der Waals surface area contributed by atoms with Gasteiger partial charge in [-0.2, -0.15) is 105 Å². The minimum absolute atomic E-state index is 8.66. The van der Waals surface area contributed by atoms with E-state index in [9.17, 15) is 189 Å². The van der Waals surface area contributed by atoms with Gasteiger partial charge in [0.05, 0.1) is 0 Å². The highest BCUT2D eigenvalue weighted by atomic mass is 19.5. The molecule has 0 spiro atoms.